The van der Waals surface area contributed by atoms with Gasteiger partial charge in [0.2, 0.25) is 5.91 Å². The van der Waals surface area contributed by atoms with E-state index in [2.05, 4.69) is 16.0 Å². The highest BCUT2D eigenvalue weighted by Crippen LogP contribution is 2.40. The van der Waals surface area contributed by atoms with Gasteiger partial charge in [-0.25, -0.2) is 19.4 Å². The molecule has 15 nitrogen and oxygen atoms in total. The normalized spacial score (nSPS) is 16.3. The van der Waals surface area contributed by atoms with E-state index in [1.807, 2.05) is 25.1 Å². The van der Waals surface area contributed by atoms with Crippen molar-refractivity contribution >= 4 is 40.6 Å². The van der Waals surface area contributed by atoms with Crippen LogP contribution in [-0.4, -0.2) is 56.4 Å². The molecule has 266 valence electrons. The Balaban J connectivity index is 1.17. The van der Waals surface area contributed by atoms with Gasteiger partial charge in [-0.05, 0) is 73.2 Å². The van der Waals surface area contributed by atoms with E-state index in [4.69, 9.17) is 25.3 Å². The zero-order chi connectivity index (χ0) is 36.4. The number of pyridine rings is 2. The maximum absolute atomic E-state index is 13.6. The second-order valence-electron chi connectivity index (χ2n) is 12.5. The third kappa shape index (κ3) is 6.79. The number of hydrogen-bond acceptors (Lipinski definition) is 9. The van der Waals surface area contributed by atoms with E-state index < -0.39 is 35.6 Å². The molecule has 2 aliphatic rings. The minimum atomic E-state index is -1.90. The summed E-state index contributed by atoms with van der Waals surface area (Å²) < 4.78 is 12.9. The molecule has 0 saturated carbocycles. The van der Waals surface area contributed by atoms with E-state index >= 15 is 0 Å². The molecule has 0 fully saturated rings. The Labute approximate surface area is 291 Å². The number of carboxylic acid groups (broad SMARTS) is 1. The van der Waals surface area contributed by atoms with Crippen molar-refractivity contribution in [3.8, 4) is 17.1 Å². The molecular weight excluding hydrogens is 660 g/mol. The Morgan fingerprint density at radius 2 is 1.86 bits per heavy atom. The van der Waals surface area contributed by atoms with E-state index in [-0.39, 0.29) is 49.3 Å². The molecule has 4 aromatic rings. The second-order valence-corrected chi connectivity index (χ2v) is 12.5. The van der Waals surface area contributed by atoms with Crippen molar-refractivity contribution in [1.29, 1.82) is 0 Å². The average molecular weight is 699 g/mol. The topological polar surface area (TPSA) is 224 Å². The first-order valence-electron chi connectivity index (χ1n) is 16.6. The number of hydrogen-bond donors (Lipinski definition) is 6. The second kappa shape index (κ2) is 14.1. The van der Waals surface area contributed by atoms with Crippen LogP contribution in [0.25, 0.3) is 22.3 Å². The summed E-state index contributed by atoms with van der Waals surface area (Å²) in [5.41, 5.74) is 8.48. The first-order chi connectivity index (χ1) is 24.4. The Hall–Kier alpha value is -5.96. The minimum absolute atomic E-state index is 0.0657. The molecule has 4 amide bonds. The molecule has 0 saturated heterocycles. The van der Waals surface area contributed by atoms with Crippen molar-refractivity contribution in [1.82, 2.24) is 20.2 Å². The van der Waals surface area contributed by atoms with Crippen molar-refractivity contribution in [2.24, 2.45) is 5.73 Å². The van der Waals surface area contributed by atoms with Crippen LogP contribution in [-0.2, 0) is 46.1 Å². The fourth-order valence-electron chi connectivity index (χ4n) is 6.65. The molecule has 2 aromatic heterocycles. The van der Waals surface area contributed by atoms with Gasteiger partial charge in [0.05, 0.1) is 29.0 Å². The van der Waals surface area contributed by atoms with Crippen LogP contribution in [0.15, 0.2) is 53.3 Å². The molecule has 0 bridgehead atoms. The number of fused-ring (bicyclic) bond motifs is 5. The van der Waals surface area contributed by atoms with Gasteiger partial charge >= 0.3 is 18.1 Å². The van der Waals surface area contributed by atoms with Crippen LogP contribution in [0.5, 0.6) is 5.75 Å². The predicted molar refractivity (Wildman–Crippen MR) is 185 cm³/mol. The number of primary amides is 1. The highest BCUT2D eigenvalue weighted by atomic mass is 16.6. The van der Waals surface area contributed by atoms with E-state index in [0.717, 1.165) is 22.1 Å². The number of nitrogens with two attached hydrogens (primary N) is 1. The number of carbonyl (C=O) groups is 4. The number of nitrogens with zero attached hydrogens (tertiary/aromatic N) is 2. The molecule has 2 atom stereocenters. The largest absolute Gasteiger partial charge is 0.489 e. The summed E-state index contributed by atoms with van der Waals surface area (Å²) in [7, 11) is 0. The Morgan fingerprint density at radius 1 is 1.10 bits per heavy atom. The first-order valence-corrected chi connectivity index (χ1v) is 16.6. The zero-order valence-electron chi connectivity index (χ0n) is 28.1. The Kier molecular flexibility index (Phi) is 9.65. The summed E-state index contributed by atoms with van der Waals surface area (Å²) >= 11 is 0. The SMILES string of the molecule is CCc1c2c(nc3ccc(OCc4ccc(NC(=O)[C@H](CCCNC(N)=O)NC(=O)O)cc4)cc13)-c1cc3c(c(=O)n1C2)COC(=O)[C@]3(O)CC. The third-order valence-corrected chi connectivity index (χ3v) is 9.34. The summed E-state index contributed by atoms with van der Waals surface area (Å²) in [5.74, 6) is -0.696. The smallest absolute Gasteiger partial charge is 0.405 e. The molecule has 0 spiro atoms. The number of nitrogens with one attached hydrogen (secondary N) is 3. The van der Waals surface area contributed by atoms with Gasteiger partial charge in [-0.3, -0.25) is 9.59 Å². The number of benzene rings is 2. The quantitative estimate of drug-likeness (QED) is 0.0824. The van der Waals surface area contributed by atoms with Gasteiger partial charge in [0.15, 0.2) is 5.60 Å². The van der Waals surface area contributed by atoms with Gasteiger partial charge in [0.25, 0.3) is 5.56 Å². The predicted octanol–water partition coefficient (Wildman–Crippen LogP) is 3.24. The number of urea groups is 1. The fourth-order valence-corrected chi connectivity index (χ4v) is 6.65. The lowest BCUT2D eigenvalue weighted by molar-refractivity contribution is -0.172. The molecule has 4 heterocycles. The maximum Gasteiger partial charge on any atom is 0.405 e. The van der Waals surface area contributed by atoms with Gasteiger partial charge in [-0.15, -0.1) is 0 Å². The highest BCUT2D eigenvalue weighted by Gasteiger charge is 2.45. The molecule has 2 aromatic carbocycles. The summed E-state index contributed by atoms with van der Waals surface area (Å²) in [4.78, 5) is 65.9. The number of amides is 4. The number of aliphatic hydroxyl groups is 1. The molecule has 15 heteroatoms. The first kappa shape index (κ1) is 34.9. The van der Waals surface area contributed by atoms with Gasteiger partial charge in [-0.1, -0.05) is 26.0 Å². The number of carbonyl (C=O) groups excluding carboxylic acids is 3. The summed E-state index contributed by atoms with van der Waals surface area (Å²) in [6, 6.07) is 12.5. The van der Waals surface area contributed by atoms with E-state index in [0.29, 0.717) is 47.7 Å². The number of rotatable bonds is 12. The Bertz CT molecular complexity index is 2110. The highest BCUT2D eigenvalue weighted by molar-refractivity contribution is 5.96. The van der Waals surface area contributed by atoms with Gasteiger partial charge in [0, 0.05) is 28.7 Å². The maximum atomic E-state index is 13.6. The van der Waals surface area contributed by atoms with Crippen LogP contribution >= 0.6 is 0 Å². The number of cyclic esters (lactones) is 1. The number of ether oxygens (including phenoxy) is 2. The van der Waals surface area contributed by atoms with E-state index in [1.54, 1.807) is 41.8 Å². The van der Waals surface area contributed by atoms with Gasteiger partial charge in [0.1, 0.15) is 25.0 Å². The third-order valence-electron chi connectivity index (χ3n) is 9.34. The van der Waals surface area contributed by atoms with E-state index in [9.17, 15) is 29.1 Å². The van der Waals surface area contributed by atoms with Crippen LogP contribution in [0.2, 0.25) is 0 Å². The zero-order valence-corrected chi connectivity index (χ0v) is 28.1. The minimum Gasteiger partial charge on any atom is -0.489 e. The van der Waals surface area contributed by atoms with Crippen molar-refractivity contribution in [2.75, 3.05) is 11.9 Å². The molecule has 6 rings (SSSR count). The average Bonchev–Trinajstić information content (AvgIpc) is 3.48. The molecule has 0 unspecified atom stereocenters. The number of aryl methyl sites for hydroxylation is 1. The molecule has 2 aliphatic heterocycles. The van der Waals surface area contributed by atoms with Crippen LogP contribution in [0.3, 0.4) is 0 Å². The number of aromatic nitrogens is 2. The monoisotopic (exact) mass is 698 g/mol. The molecule has 0 radical (unpaired) electrons. The van der Waals surface area contributed by atoms with Crippen LogP contribution in [0, 0.1) is 0 Å². The van der Waals surface area contributed by atoms with Crippen LogP contribution in [0.4, 0.5) is 15.3 Å². The van der Waals surface area contributed by atoms with Crippen molar-refractivity contribution < 1.29 is 38.9 Å². The standard InChI is InChI=1S/C36H38N6O9/c1-3-22-23-14-21(50-17-19-7-9-20(10-8-19)39-31(43)28(41-35(47)48)6-5-13-38-34(37)46)11-12-27(23)40-30-24(22)16-42-29(30)15-26-25(32(42)44)18-51-33(45)36(26,49)4-2/h7-12,14-15,28,41,49H,3-6,13,16-18H2,1-2H3,(H,39,43)(H,47,48)(H3,37,38,46)/t28-,36-/m0/s1. The van der Waals surface area contributed by atoms with Gasteiger partial charge in [-0.2, -0.15) is 0 Å². The summed E-state index contributed by atoms with van der Waals surface area (Å²) in [6.07, 6.45) is -0.125. The van der Waals surface area contributed by atoms with Gasteiger partial charge < -0.3 is 45.9 Å². The van der Waals surface area contributed by atoms with Crippen molar-refractivity contribution in [2.45, 2.75) is 70.9 Å². The lowest BCUT2D eigenvalue weighted by Crippen LogP contribution is -2.44. The molecule has 51 heavy (non-hydrogen) atoms. The lowest BCUT2D eigenvalue weighted by atomic mass is 9.86. The van der Waals surface area contributed by atoms with Crippen molar-refractivity contribution in [3.05, 3.63) is 86.7 Å². The lowest BCUT2D eigenvalue weighted by Gasteiger charge is -2.31. The number of anilines is 1. The summed E-state index contributed by atoms with van der Waals surface area (Å²) in [5, 5.41) is 28.5. The summed E-state index contributed by atoms with van der Waals surface area (Å²) in [6.45, 7) is 4.24. The molecular formula is C36H38N6O9. The molecule has 0 aliphatic carbocycles. The number of esters is 1. The van der Waals surface area contributed by atoms with Crippen molar-refractivity contribution in [3.63, 3.8) is 0 Å². The Morgan fingerprint density at radius 3 is 2.55 bits per heavy atom. The van der Waals surface area contributed by atoms with Crippen LogP contribution in [0.1, 0.15) is 60.9 Å². The molecule has 7 N–H and O–H groups in total. The van der Waals surface area contributed by atoms with Crippen LogP contribution < -0.4 is 32.0 Å². The van der Waals surface area contributed by atoms with E-state index in [1.165, 1.54) is 0 Å². The fraction of sp³-hybridized carbons (Fsp3) is 0.333.